The van der Waals surface area contributed by atoms with E-state index in [-0.39, 0.29) is 18.8 Å². The number of sulfonamides is 1. The zero-order valence-corrected chi connectivity index (χ0v) is 12.5. The van der Waals surface area contributed by atoms with Gasteiger partial charge >= 0.3 is 16.4 Å². The van der Waals surface area contributed by atoms with Crippen LogP contribution in [0.15, 0.2) is 0 Å². The molecule has 0 saturated carbocycles. The lowest BCUT2D eigenvalue weighted by Gasteiger charge is -2.30. The van der Waals surface area contributed by atoms with E-state index in [1.807, 2.05) is 4.72 Å². The Bertz CT molecular complexity index is 673. The molecule has 13 heteroatoms. The summed E-state index contributed by atoms with van der Waals surface area (Å²) in [6, 6.07) is -2.25. The van der Waals surface area contributed by atoms with Gasteiger partial charge in [0.1, 0.15) is 5.84 Å². The number of hydrogen-bond donors (Lipinski definition) is 3. The maximum absolute atomic E-state index is 12.0. The van der Waals surface area contributed by atoms with Gasteiger partial charge in [-0.25, -0.2) is 13.2 Å². The summed E-state index contributed by atoms with van der Waals surface area (Å²) in [6.07, 6.45) is 1.45. The first kappa shape index (κ1) is 15.9. The second kappa shape index (κ2) is 5.08. The summed E-state index contributed by atoms with van der Waals surface area (Å²) in [5, 5.41) is 8.25. The van der Waals surface area contributed by atoms with Crippen LogP contribution in [0.4, 0.5) is 4.79 Å². The number of amidine groups is 1. The number of carbonyl (C=O) groups is 1. The van der Waals surface area contributed by atoms with Crippen molar-refractivity contribution in [3.63, 3.8) is 0 Å². The van der Waals surface area contributed by atoms with Gasteiger partial charge in [-0.15, -0.1) is 4.28 Å². The van der Waals surface area contributed by atoms with Crippen molar-refractivity contribution in [1.29, 1.82) is 5.41 Å². The van der Waals surface area contributed by atoms with E-state index in [9.17, 15) is 21.6 Å². The van der Waals surface area contributed by atoms with Gasteiger partial charge in [0, 0.05) is 6.54 Å². The number of nitrogens with one attached hydrogen (secondary N) is 2. The van der Waals surface area contributed by atoms with Gasteiger partial charge in [0.25, 0.3) is 0 Å². The number of hydroxylamine groups is 2. The predicted octanol–water partition coefficient (Wildman–Crippen LogP) is -1.48. The van der Waals surface area contributed by atoms with Crippen molar-refractivity contribution in [2.24, 2.45) is 0 Å². The van der Waals surface area contributed by atoms with Crippen molar-refractivity contribution in [3.05, 3.63) is 0 Å². The zero-order chi connectivity index (χ0) is 16.0. The van der Waals surface area contributed by atoms with Crippen LogP contribution in [0.3, 0.4) is 0 Å². The van der Waals surface area contributed by atoms with Crippen LogP contribution in [-0.2, 0) is 24.7 Å². The normalized spacial score (nSPS) is 26.1. The average Bonchev–Trinajstić information content (AvgIpc) is 2.51. The van der Waals surface area contributed by atoms with Gasteiger partial charge in [0.05, 0.1) is 18.3 Å². The number of urea groups is 1. The largest absolute Gasteiger partial charge is 0.418 e. The van der Waals surface area contributed by atoms with E-state index < -0.39 is 38.5 Å². The first-order chi connectivity index (χ1) is 9.48. The van der Waals surface area contributed by atoms with Crippen LogP contribution in [0.25, 0.3) is 0 Å². The summed E-state index contributed by atoms with van der Waals surface area (Å²) in [6.45, 7) is 0.0762. The standard InChI is InChI=1S/C8H14N4O7S2/c1-20(14,15)10-7(9)6-3-2-5-4-11(6)8(13)12(5)19-21(16,17)18/h5-6H,2-4H2,1H3,(H2,9,10)(H,16,17,18). The van der Waals surface area contributed by atoms with E-state index in [2.05, 4.69) is 4.28 Å². The van der Waals surface area contributed by atoms with Crippen LogP contribution < -0.4 is 4.72 Å². The quantitative estimate of drug-likeness (QED) is 0.319. The van der Waals surface area contributed by atoms with Crippen molar-refractivity contribution in [1.82, 2.24) is 14.7 Å². The fourth-order valence-corrected chi connectivity index (χ4v) is 3.32. The molecule has 2 unspecified atom stereocenters. The molecule has 0 aromatic heterocycles. The highest BCUT2D eigenvalue weighted by Gasteiger charge is 2.48. The number of amides is 2. The molecule has 3 N–H and O–H groups in total. The summed E-state index contributed by atoms with van der Waals surface area (Å²) < 4.78 is 58.5. The molecule has 2 rings (SSSR count). The zero-order valence-electron chi connectivity index (χ0n) is 10.9. The summed E-state index contributed by atoms with van der Waals surface area (Å²) in [7, 11) is -8.48. The summed E-state index contributed by atoms with van der Waals surface area (Å²) in [4.78, 5) is 13.1. The molecular formula is C8H14N4O7S2. The molecule has 0 aromatic carbocycles. The number of nitrogens with zero attached hydrogens (tertiary/aromatic N) is 2. The van der Waals surface area contributed by atoms with Gasteiger partial charge in [0.2, 0.25) is 10.0 Å². The molecule has 0 aliphatic carbocycles. The molecule has 21 heavy (non-hydrogen) atoms. The molecular weight excluding hydrogens is 328 g/mol. The third kappa shape index (κ3) is 3.61. The SMILES string of the molecule is CS(=O)(=O)NC(=N)C1CCC2CN1C(=O)N2OS(=O)(=O)O. The van der Waals surface area contributed by atoms with Crippen LogP contribution in [0.5, 0.6) is 0 Å². The number of fused-ring (bicyclic) bond motifs is 2. The van der Waals surface area contributed by atoms with Crippen molar-refractivity contribution >= 4 is 32.3 Å². The van der Waals surface area contributed by atoms with E-state index in [0.717, 1.165) is 11.2 Å². The van der Waals surface area contributed by atoms with Gasteiger partial charge in [-0.3, -0.25) is 14.7 Å². The van der Waals surface area contributed by atoms with Crippen LogP contribution >= 0.6 is 0 Å². The van der Waals surface area contributed by atoms with Gasteiger partial charge in [-0.05, 0) is 12.8 Å². The van der Waals surface area contributed by atoms with Crippen molar-refractivity contribution in [2.45, 2.75) is 24.9 Å². The summed E-state index contributed by atoms with van der Waals surface area (Å²) in [5.74, 6) is -0.377. The molecule has 11 nitrogen and oxygen atoms in total. The molecule has 2 aliphatic rings. The molecule has 2 amide bonds. The Hall–Kier alpha value is -1.44. The third-order valence-corrected chi connectivity index (χ3v) is 4.07. The number of carbonyl (C=O) groups excluding carboxylic acids is 1. The fourth-order valence-electron chi connectivity index (χ4n) is 2.40. The second-order valence-electron chi connectivity index (χ2n) is 4.80. The van der Waals surface area contributed by atoms with Crippen LogP contribution in [0.1, 0.15) is 12.8 Å². The summed E-state index contributed by atoms with van der Waals surface area (Å²) in [5.41, 5.74) is 0. The minimum Gasteiger partial charge on any atom is -0.310 e. The molecule has 2 atom stereocenters. The van der Waals surface area contributed by atoms with Gasteiger partial charge in [-0.2, -0.15) is 13.5 Å². The first-order valence-electron chi connectivity index (χ1n) is 5.81. The summed E-state index contributed by atoms with van der Waals surface area (Å²) >= 11 is 0. The minimum atomic E-state index is -4.83. The topological polar surface area (TPSA) is 157 Å². The predicted molar refractivity (Wildman–Crippen MR) is 69.1 cm³/mol. The number of hydrogen-bond acceptors (Lipinski definition) is 7. The number of piperidine rings is 1. The lowest BCUT2D eigenvalue weighted by Crippen LogP contribution is -2.50. The van der Waals surface area contributed by atoms with Gasteiger partial charge < -0.3 is 4.90 Å². The van der Waals surface area contributed by atoms with Gasteiger partial charge in [-0.1, -0.05) is 0 Å². The van der Waals surface area contributed by atoms with Gasteiger partial charge in [0.15, 0.2) is 0 Å². The van der Waals surface area contributed by atoms with E-state index in [1.54, 1.807) is 0 Å². The molecule has 0 radical (unpaired) electrons. The molecule has 2 bridgehead atoms. The maximum Gasteiger partial charge on any atom is 0.418 e. The van der Waals surface area contributed by atoms with Crippen molar-refractivity contribution in [3.8, 4) is 0 Å². The number of rotatable bonds is 4. The monoisotopic (exact) mass is 342 g/mol. The molecule has 2 heterocycles. The Labute approximate surface area is 121 Å². The molecule has 0 spiro atoms. The average molecular weight is 342 g/mol. The molecule has 2 saturated heterocycles. The van der Waals surface area contributed by atoms with Crippen LogP contribution in [-0.4, -0.2) is 68.1 Å². The smallest absolute Gasteiger partial charge is 0.310 e. The van der Waals surface area contributed by atoms with E-state index in [4.69, 9.17) is 9.96 Å². The van der Waals surface area contributed by atoms with E-state index in [1.165, 1.54) is 0 Å². The molecule has 2 aliphatic heterocycles. The van der Waals surface area contributed by atoms with Crippen molar-refractivity contribution in [2.75, 3.05) is 12.8 Å². The highest BCUT2D eigenvalue weighted by atomic mass is 32.3. The second-order valence-corrected chi connectivity index (χ2v) is 7.55. The Balaban J connectivity index is 2.16. The Morgan fingerprint density at radius 2 is 2.00 bits per heavy atom. The highest BCUT2D eigenvalue weighted by Crippen LogP contribution is 2.30. The lowest BCUT2D eigenvalue weighted by atomic mass is 10.0. The highest BCUT2D eigenvalue weighted by molar-refractivity contribution is 7.89. The Kier molecular flexibility index (Phi) is 3.86. The third-order valence-electron chi connectivity index (χ3n) is 3.13. The lowest BCUT2D eigenvalue weighted by molar-refractivity contribution is -0.0316. The fraction of sp³-hybridized carbons (Fsp3) is 0.750. The Morgan fingerprint density at radius 1 is 1.38 bits per heavy atom. The first-order valence-corrected chi connectivity index (χ1v) is 9.06. The van der Waals surface area contributed by atoms with E-state index in [0.29, 0.717) is 11.5 Å². The van der Waals surface area contributed by atoms with Crippen molar-refractivity contribution < 1.29 is 30.5 Å². The Morgan fingerprint density at radius 3 is 2.52 bits per heavy atom. The molecule has 0 aromatic rings. The molecule has 2 fully saturated rings. The minimum absolute atomic E-state index is 0.0762. The molecule has 120 valence electrons. The van der Waals surface area contributed by atoms with Crippen LogP contribution in [0, 0.1) is 5.41 Å². The van der Waals surface area contributed by atoms with E-state index >= 15 is 0 Å². The van der Waals surface area contributed by atoms with Crippen LogP contribution in [0.2, 0.25) is 0 Å². The maximum atomic E-state index is 12.0.